The van der Waals surface area contributed by atoms with Crippen molar-refractivity contribution in [3.8, 4) is 5.75 Å². The van der Waals surface area contributed by atoms with Gasteiger partial charge in [-0.3, -0.25) is 0 Å². The Balaban J connectivity index is 2.33. The standard InChI is InChI=1S/C13H16FN3OS/c1-13(2,12-16-4-5-19-12)17-10-7-11(18-3)8(14)6-9(10)15/h4-7,17H,15H2,1-3H3. The Morgan fingerprint density at radius 2 is 2.16 bits per heavy atom. The van der Waals surface area contributed by atoms with Crippen molar-refractivity contribution in [1.82, 2.24) is 4.98 Å². The molecule has 2 aromatic rings. The highest BCUT2D eigenvalue weighted by molar-refractivity contribution is 7.09. The molecule has 0 bridgehead atoms. The van der Waals surface area contributed by atoms with Crippen molar-refractivity contribution in [3.63, 3.8) is 0 Å². The summed E-state index contributed by atoms with van der Waals surface area (Å²) in [7, 11) is 1.42. The average Bonchev–Trinajstić information content (AvgIpc) is 2.87. The minimum atomic E-state index is -0.474. The summed E-state index contributed by atoms with van der Waals surface area (Å²) in [5.41, 5.74) is 6.39. The number of benzene rings is 1. The first-order valence-electron chi connectivity index (χ1n) is 5.75. The highest BCUT2D eigenvalue weighted by atomic mass is 32.1. The van der Waals surface area contributed by atoms with E-state index < -0.39 is 11.4 Å². The predicted molar refractivity (Wildman–Crippen MR) is 76.1 cm³/mol. The van der Waals surface area contributed by atoms with Crippen molar-refractivity contribution in [2.45, 2.75) is 19.4 Å². The summed E-state index contributed by atoms with van der Waals surface area (Å²) < 4.78 is 18.5. The second kappa shape index (κ2) is 5.05. The molecular formula is C13H16FN3OS. The van der Waals surface area contributed by atoms with Crippen LogP contribution in [0.4, 0.5) is 15.8 Å². The minimum absolute atomic E-state index is 0.159. The van der Waals surface area contributed by atoms with Crippen LogP contribution in [0.1, 0.15) is 18.9 Å². The first-order valence-corrected chi connectivity index (χ1v) is 6.63. The predicted octanol–water partition coefficient (Wildman–Crippen LogP) is 3.22. The van der Waals surface area contributed by atoms with E-state index in [9.17, 15) is 4.39 Å². The smallest absolute Gasteiger partial charge is 0.167 e. The lowest BCUT2D eigenvalue weighted by Gasteiger charge is -2.26. The third-order valence-electron chi connectivity index (χ3n) is 2.74. The number of nitrogens with one attached hydrogen (secondary N) is 1. The second-order valence-corrected chi connectivity index (χ2v) is 5.56. The Labute approximate surface area is 115 Å². The number of rotatable bonds is 4. The fraction of sp³-hybridized carbons (Fsp3) is 0.308. The zero-order valence-electron chi connectivity index (χ0n) is 11.0. The maximum Gasteiger partial charge on any atom is 0.167 e. The molecule has 0 amide bonds. The highest BCUT2D eigenvalue weighted by Crippen LogP contribution is 2.33. The molecular weight excluding hydrogens is 265 g/mol. The molecule has 0 aliphatic rings. The summed E-state index contributed by atoms with van der Waals surface area (Å²) >= 11 is 1.55. The molecule has 1 aromatic heterocycles. The fourth-order valence-corrected chi connectivity index (χ4v) is 2.47. The zero-order chi connectivity index (χ0) is 14.0. The normalized spacial score (nSPS) is 11.4. The summed E-state index contributed by atoms with van der Waals surface area (Å²) in [6.45, 7) is 3.97. The zero-order valence-corrected chi connectivity index (χ0v) is 11.8. The van der Waals surface area contributed by atoms with Gasteiger partial charge in [-0.1, -0.05) is 0 Å². The number of anilines is 2. The summed E-state index contributed by atoms with van der Waals surface area (Å²) in [5.74, 6) is -0.316. The Kier molecular flexibility index (Phi) is 3.61. The number of halogens is 1. The third-order valence-corrected chi connectivity index (χ3v) is 3.83. The van der Waals surface area contributed by atoms with Gasteiger partial charge in [-0.2, -0.15) is 0 Å². The Morgan fingerprint density at radius 3 is 2.74 bits per heavy atom. The Hall–Kier alpha value is -1.82. The molecule has 1 aromatic carbocycles. The van der Waals surface area contributed by atoms with Crippen LogP contribution in [0.5, 0.6) is 5.75 Å². The molecule has 0 spiro atoms. The molecule has 6 heteroatoms. The van der Waals surface area contributed by atoms with Gasteiger partial charge in [0.25, 0.3) is 0 Å². The van der Waals surface area contributed by atoms with Crippen LogP contribution >= 0.6 is 11.3 Å². The maximum atomic E-state index is 13.5. The van der Waals surface area contributed by atoms with E-state index in [1.807, 2.05) is 19.2 Å². The lowest BCUT2D eigenvalue weighted by atomic mass is 10.1. The SMILES string of the molecule is COc1cc(NC(C)(C)c2nccs2)c(N)cc1F. The molecule has 0 aliphatic heterocycles. The first-order chi connectivity index (χ1) is 8.94. The van der Waals surface area contributed by atoms with E-state index >= 15 is 0 Å². The molecule has 19 heavy (non-hydrogen) atoms. The van der Waals surface area contributed by atoms with E-state index in [1.54, 1.807) is 23.6 Å². The number of nitrogen functional groups attached to an aromatic ring is 1. The van der Waals surface area contributed by atoms with Crippen LogP contribution < -0.4 is 15.8 Å². The van der Waals surface area contributed by atoms with Crippen molar-refractivity contribution in [1.29, 1.82) is 0 Å². The Morgan fingerprint density at radius 1 is 1.42 bits per heavy atom. The molecule has 3 N–H and O–H groups in total. The van der Waals surface area contributed by atoms with E-state index in [4.69, 9.17) is 10.5 Å². The number of methoxy groups -OCH3 is 1. The highest BCUT2D eigenvalue weighted by Gasteiger charge is 2.24. The lowest BCUT2D eigenvalue weighted by Crippen LogP contribution is -2.28. The van der Waals surface area contributed by atoms with Gasteiger partial charge in [-0.25, -0.2) is 9.37 Å². The first kappa shape index (κ1) is 13.6. The molecule has 1 heterocycles. The Bertz CT molecular complexity index is 570. The van der Waals surface area contributed by atoms with Crippen LogP contribution in [0.15, 0.2) is 23.7 Å². The van der Waals surface area contributed by atoms with Gasteiger partial charge in [0.2, 0.25) is 0 Å². The van der Waals surface area contributed by atoms with Crippen LogP contribution in [-0.2, 0) is 5.54 Å². The van der Waals surface area contributed by atoms with Gasteiger partial charge < -0.3 is 15.8 Å². The third kappa shape index (κ3) is 2.78. The molecule has 0 saturated carbocycles. The largest absolute Gasteiger partial charge is 0.494 e. The van der Waals surface area contributed by atoms with Crippen molar-refractivity contribution < 1.29 is 9.13 Å². The van der Waals surface area contributed by atoms with Gasteiger partial charge >= 0.3 is 0 Å². The van der Waals surface area contributed by atoms with Crippen LogP contribution in [-0.4, -0.2) is 12.1 Å². The van der Waals surface area contributed by atoms with Crippen molar-refractivity contribution in [3.05, 3.63) is 34.5 Å². The van der Waals surface area contributed by atoms with Gasteiger partial charge in [0.05, 0.1) is 24.0 Å². The average molecular weight is 281 g/mol. The van der Waals surface area contributed by atoms with Crippen LogP contribution in [0.25, 0.3) is 0 Å². The van der Waals surface area contributed by atoms with Gasteiger partial charge in [0, 0.05) is 23.7 Å². The molecule has 102 valence electrons. The quantitative estimate of drug-likeness (QED) is 0.845. The van der Waals surface area contributed by atoms with E-state index in [0.717, 1.165) is 5.01 Å². The molecule has 0 saturated heterocycles. The van der Waals surface area contributed by atoms with Crippen molar-refractivity contribution >= 4 is 22.7 Å². The molecule has 0 aliphatic carbocycles. The van der Waals surface area contributed by atoms with Gasteiger partial charge in [-0.05, 0) is 13.8 Å². The number of hydrogen-bond acceptors (Lipinski definition) is 5. The summed E-state index contributed by atoms with van der Waals surface area (Å²) in [6, 6.07) is 2.80. The molecule has 2 rings (SSSR count). The van der Waals surface area contributed by atoms with E-state index in [-0.39, 0.29) is 5.75 Å². The maximum absolute atomic E-state index is 13.5. The second-order valence-electron chi connectivity index (χ2n) is 4.66. The molecule has 0 atom stereocenters. The topological polar surface area (TPSA) is 60.2 Å². The van der Waals surface area contributed by atoms with Gasteiger partial charge in [0.15, 0.2) is 11.6 Å². The van der Waals surface area contributed by atoms with E-state index in [2.05, 4.69) is 10.3 Å². The molecule has 0 unspecified atom stereocenters. The summed E-state index contributed by atoms with van der Waals surface area (Å²) in [5, 5.41) is 6.10. The summed E-state index contributed by atoms with van der Waals surface area (Å²) in [6.07, 6.45) is 1.75. The van der Waals surface area contributed by atoms with Crippen molar-refractivity contribution in [2.24, 2.45) is 0 Å². The lowest BCUT2D eigenvalue weighted by molar-refractivity contribution is 0.387. The monoisotopic (exact) mass is 281 g/mol. The number of ether oxygens (including phenoxy) is 1. The number of nitrogens with zero attached hydrogens (tertiary/aromatic N) is 1. The fourth-order valence-electron chi connectivity index (χ4n) is 1.76. The number of thiazole rings is 1. The van der Waals surface area contributed by atoms with E-state index in [0.29, 0.717) is 11.4 Å². The minimum Gasteiger partial charge on any atom is -0.494 e. The molecule has 0 fully saturated rings. The van der Waals surface area contributed by atoms with Crippen LogP contribution in [0, 0.1) is 5.82 Å². The van der Waals surface area contributed by atoms with Crippen molar-refractivity contribution in [2.75, 3.05) is 18.2 Å². The van der Waals surface area contributed by atoms with Crippen LogP contribution in [0.3, 0.4) is 0 Å². The van der Waals surface area contributed by atoms with Crippen LogP contribution in [0.2, 0.25) is 0 Å². The van der Waals surface area contributed by atoms with Gasteiger partial charge in [-0.15, -0.1) is 11.3 Å². The number of hydrogen-bond donors (Lipinski definition) is 2. The summed E-state index contributed by atoms with van der Waals surface area (Å²) in [4.78, 5) is 4.28. The molecule has 0 radical (unpaired) electrons. The van der Waals surface area contributed by atoms with Gasteiger partial charge in [0.1, 0.15) is 5.01 Å². The number of aromatic nitrogens is 1. The van der Waals surface area contributed by atoms with E-state index in [1.165, 1.54) is 13.2 Å². The molecule has 4 nitrogen and oxygen atoms in total. The number of nitrogens with two attached hydrogens (primary N) is 1.